The van der Waals surface area contributed by atoms with Gasteiger partial charge in [-0.25, -0.2) is 8.42 Å². The number of rotatable bonds is 6. The summed E-state index contributed by atoms with van der Waals surface area (Å²) >= 11 is 1.52. The lowest BCUT2D eigenvalue weighted by Gasteiger charge is -2.19. The molecule has 1 aromatic heterocycles. The van der Waals surface area contributed by atoms with Crippen molar-refractivity contribution in [2.45, 2.75) is 12.8 Å². The molecule has 7 heteroatoms. The zero-order chi connectivity index (χ0) is 16.3. The van der Waals surface area contributed by atoms with E-state index in [1.54, 1.807) is 0 Å². The van der Waals surface area contributed by atoms with Crippen LogP contribution in [0.2, 0.25) is 0 Å². The van der Waals surface area contributed by atoms with Gasteiger partial charge in [-0.15, -0.1) is 11.3 Å². The van der Waals surface area contributed by atoms with Gasteiger partial charge in [0.05, 0.1) is 17.9 Å². The van der Waals surface area contributed by atoms with E-state index in [0.717, 1.165) is 22.5 Å². The van der Waals surface area contributed by atoms with E-state index < -0.39 is 10.0 Å². The summed E-state index contributed by atoms with van der Waals surface area (Å²) in [5.41, 5.74) is 1.82. The van der Waals surface area contributed by atoms with Crippen LogP contribution in [-0.4, -0.2) is 33.2 Å². The first-order valence-corrected chi connectivity index (χ1v) is 9.92. The van der Waals surface area contributed by atoms with Gasteiger partial charge in [-0.1, -0.05) is 24.3 Å². The van der Waals surface area contributed by atoms with E-state index in [9.17, 15) is 13.2 Å². The first-order chi connectivity index (χ1) is 11.1. The summed E-state index contributed by atoms with van der Waals surface area (Å²) in [5, 5.41) is 4.60. The fourth-order valence-electron chi connectivity index (χ4n) is 2.66. The third kappa shape index (κ3) is 3.73. The molecule has 1 aromatic carbocycles. The Kier molecular flexibility index (Phi) is 4.68. The van der Waals surface area contributed by atoms with Crippen molar-refractivity contribution in [3.8, 4) is 0 Å². The maximum Gasteiger partial charge on any atom is 0.236 e. The Bertz CT molecular complexity index is 785. The predicted molar refractivity (Wildman–Crippen MR) is 92.3 cm³/mol. The highest BCUT2D eigenvalue weighted by molar-refractivity contribution is 7.92. The maximum atomic E-state index is 12.5. The average Bonchev–Trinajstić information content (AvgIpc) is 3.16. The molecule has 122 valence electrons. The highest BCUT2D eigenvalue weighted by atomic mass is 32.2. The molecule has 0 atom stereocenters. The molecule has 0 saturated heterocycles. The third-order valence-electron chi connectivity index (χ3n) is 3.78. The Balaban J connectivity index is 1.55. The molecule has 3 rings (SSSR count). The van der Waals surface area contributed by atoms with Crippen molar-refractivity contribution in [1.29, 1.82) is 0 Å². The number of amides is 1. The molecule has 1 aliphatic rings. The molecule has 0 fully saturated rings. The summed E-state index contributed by atoms with van der Waals surface area (Å²) in [4.78, 5) is 12.8. The van der Waals surface area contributed by atoms with Crippen molar-refractivity contribution in [1.82, 2.24) is 5.32 Å². The van der Waals surface area contributed by atoms with Gasteiger partial charge in [0, 0.05) is 18.0 Å². The van der Waals surface area contributed by atoms with Gasteiger partial charge < -0.3 is 5.32 Å². The molecule has 23 heavy (non-hydrogen) atoms. The Morgan fingerprint density at radius 1 is 1.22 bits per heavy atom. The topological polar surface area (TPSA) is 66.5 Å². The van der Waals surface area contributed by atoms with Gasteiger partial charge in [0.1, 0.15) is 0 Å². The van der Waals surface area contributed by atoms with Gasteiger partial charge in [0.2, 0.25) is 15.9 Å². The van der Waals surface area contributed by atoms with Gasteiger partial charge in [0.25, 0.3) is 0 Å². The Morgan fingerprint density at radius 2 is 2.04 bits per heavy atom. The number of hydrogen-bond donors (Lipinski definition) is 1. The molecule has 2 heterocycles. The van der Waals surface area contributed by atoms with Crippen molar-refractivity contribution in [2.75, 3.05) is 23.1 Å². The fraction of sp³-hybridized carbons (Fsp3) is 0.312. The number of anilines is 1. The second-order valence-electron chi connectivity index (χ2n) is 5.37. The van der Waals surface area contributed by atoms with Crippen LogP contribution in [0.5, 0.6) is 0 Å². The SMILES string of the molecule is O=C(Cc1cccs1)NCCS(=O)(=O)N1CCc2ccccc21. The Labute approximate surface area is 140 Å². The second kappa shape index (κ2) is 6.72. The third-order valence-corrected chi connectivity index (χ3v) is 6.42. The first kappa shape index (κ1) is 16.0. The van der Waals surface area contributed by atoms with Crippen LogP contribution >= 0.6 is 11.3 Å². The van der Waals surface area contributed by atoms with Crippen molar-refractivity contribution in [3.05, 3.63) is 52.2 Å². The molecule has 0 bridgehead atoms. The average molecular weight is 350 g/mol. The first-order valence-electron chi connectivity index (χ1n) is 7.44. The summed E-state index contributed by atoms with van der Waals surface area (Å²) in [6, 6.07) is 11.3. The van der Waals surface area contributed by atoms with E-state index >= 15 is 0 Å². The van der Waals surface area contributed by atoms with E-state index in [2.05, 4.69) is 5.32 Å². The normalized spacial score (nSPS) is 13.8. The Morgan fingerprint density at radius 3 is 2.83 bits per heavy atom. The second-order valence-corrected chi connectivity index (χ2v) is 8.42. The molecule has 0 unspecified atom stereocenters. The van der Waals surface area contributed by atoms with Crippen LogP contribution in [0.3, 0.4) is 0 Å². The van der Waals surface area contributed by atoms with Crippen LogP contribution in [-0.2, 0) is 27.7 Å². The number of hydrogen-bond acceptors (Lipinski definition) is 4. The quantitative estimate of drug-likeness (QED) is 0.864. The summed E-state index contributed by atoms with van der Waals surface area (Å²) in [6.07, 6.45) is 1.03. The van der Waals surface area contributed by atoms with Crippen molar-refractivity contribution in [3.63, 3.8) is 0 Å². The molecule has 1 aliphatic heterocycles. The molecule has 1 amide bonds. The molecule has 2 aromatic rings. The van der Waals surface area contributed by atoms with Gasteiger partial charge in [0.15, 0.2) is 0 Å². The highest BCUT2D eigenvalue weighted by Gasteiger charge is 2.28. The standard InChI is InChI=1S/C16H18N2O3S2/c19-16(12-14-5-3-10-22-14)17-8-11-23(20,21)18-9-7-13-4-1-2-6-15(13)18/h1-6,10H,7-9,11-12H2,(H,17,19). The minimum Gasteiger partial charge on any atom is -0.355 e. The number of thiophene rings is 1. The molecule has 0 spiro atoms. The molecule has 0 saturated carbocycles. The monoisotopic (exact) mass is 350 g/mol. The van der Waals surface area contributed by atoms with Crippen LogP contribution in [0.15, 0.2) is 41.8 Å². The van der Waals surface area contributed by atoms with Gasteiger partial charge in [-0.3, -0.25) is 9.10 Å². The molecular weight excluding hydrogens is 332 g/mol. The largest absolute Gasteiger partial charge is 0.355 e. The summed E-state index contributed by atoms with van der Waals surface area (Å²) < 4.78 is 26.4. The zero-order valence-electron chi connectivity index (χ0n) is 12.6. The van der Waals surface area contributed by atoms with E-state index in [-0.39, 0.29) is 18.2 Å². The number of para-hydroxylation sites is 1. The number of benzene rings is 1. The van der Waals surface area contributed by atoms with Crippen molar-refractivity contribution >= 4 is 33.0 Å². The van der Waals surface area contributed by atoms with E-state index in [1.807, 2.05) is 41.8 Å². The zero-order valence-corrected chi connectivity index (χ0v) is 14.2. The summed E-state index contributed by atoms with van der Waals surface area (Å²) in [5.74, 6) is -0.234. The van der Waals surface area contributed by atoms with Crippen molar-refractivity contribution in [2.24, 2.45) is 0 Å². The number of nitrogens with zero attached hydrogens (tertiary/aromatic N) is 1. The predicted octanol–water partition coefficient (Wildman–Crippen LogP) is 1.80. The smallest absolute Gasteiger partial charge is 0.236 e. The van der Waals surface area contributed by atoms with Crippen LogP contribution in [0.1, 0.15) is 10.4 Å². The Hall–Kier alpha value is -1.86. The highest BCUT2D eigenvalue weighted by Crippen LogP contribution is 2.29. The number of carbonyl (C=O) groups is 1. The number of fused-ring (bicyclic) bond motifs is 1. The molecule has 1 N–H and O–H groups in total. The fourth-order valence-corrected chi connectivity index (χ4v) is 4.79. The minimum absolute atomic E-state index is 0.0858. The summed E-state index contributed by atoms with van der Waals surface area (Å²) in [7, 11) is -3.41. The summed E-state index contributed by atoms with van der Waals surface area (Å²) in [6.45, 7) is 0.607. The minimum atomic E-state index is -3.41. The van der Waals surface area contributed by atoms with Gasteiger partial charge >= 0.3 is 0 Å². The maximum absolute atomic E-state index is 12.5. The van der Waals surface area contributed by atoms with E-state index in [1.165, 1.54) is 15.6 Å². The number of sulfonamides is 1. The van der Waals surface area contributed by atoms with Gasteiger partial charge in [-0.05, 0) is 29.5 Å². The molecule has 5 nitrogen and oxygen atoms in total. The van der Waals surface area contributed by atoms with Gasteiger partial charge in [-0.2, -0.15) is 0 Å². The van der Waals surface area contributed by atoms with E-state index in [4.69, 9.17) is 0 Å². The van der Waals surface area contributed by atoms with Crippen molar-refractivity contribution < 1.29 is 13.2 Å². The van der Waals surface area contributed by atoms with Crippen LogP contribution in [0, 0.1) is 0 Å². The van der Waals surface area contributed by atoms with Crippen LogP contribution in [0.25, 0.3) is 0 Å². The lowest BCUT2D eigenvalue weighted by Crippen LogP contribution is -2.37. The molecule has 0 aliphatic carbocycles. The molecule has 0 radical (unpaired) electrons. The van der Waals surface area contributed by atoms with E-state index in [0.29, 0.717) is 13.0 Å². The number of nitrogens with one attached hydrogen (secondary N) is 1. The lowest BCUT2D eigenvalue weighted by atomic mass is 10.2. The van der Waals surface area contributed by atoms with Crippen LogP contribution < -0.4 is 9.62 Å². The molecular formula is C16H18N2O3S2. The number of carbonyl (C=O) groups excluding carboxylic acids is 1. The van der Waals surface area contributed by atoms with Crippen LogP contribution in [0.4, 0.5) is 5.69 Å². The lowest BCUT2D eigenvalue weighted by molar-refractivity contribution is -0.120.